The number of nitrogens with two attached hydrogens (primary N) is 1. The van der Waals surface area contributed by atoms with Crippen molar-refractivity contribution >= 4 is 11.8 Å². The zero-order valence-corrected chi connectivity index (χ0v) is 8.60. The Morgan fingerprint density at radius 2 is 2.06 bits per heavy atom. The molecule has 3 N–H and O–H groups in total. The van der Waals surface area contributed by atoms with Crippen molar-refractivity contribution in [2.45, 2.75) is 31.5 Å². The highest BCUT2D eigenvalue weighted by atomic mass is 19.4. The summed E-state index contributed by atoms with van der Waals surface area (Å²) in [6.07, 6.45) is -2.11. The number of alkyl halides is 3. The average Bonchev–Trinajstić information content (AvgIpc) is 2.80. The molecule has 7 heteroatoms. The van der Waals surface area contributed by atoms with Gasteiger partial charge < -0.3 is 11.1 Å². The molecule has 1 heterocycles. The molecule has 1 aromatic heterocycles. The van der Waals surface area contributed by atoms with Crippen LogP contribution in [0.2, 0.25) is 0 Å². The lowest BCUT2D eigenvalue weighted by molar-refractivity contribution is -0.137. The largest absolute Gasteiger partial charge is 0.421 e. The minimum Gasteiger partial charge on any atom is -0.368 e. The summed E-state index contributed by atoms with van der Waals surface area (Å²) in [6, 6.07) is 0. The van der Waals surface area contributed by atoms with Crippen molar-refractivity contribution in [1.29, 1.82) is 0 Å². The summed E-state index contributed by atoms with van der Waals surface area (Å²) in [6.45, 7) is 1.84. The van der Waals surface area contributed by atoms with Gasteiger partial charge in [0.25, 0.3) is 0 Å². The Labute approximate surface area is 90.1 Å². The van der Waals surface area contributed by atoms with Crippen LogP contribution in [0.1, 0.15) is 25.3 Å². The number of anilines is 2. The Balaban J connectivity index is 2.36. The smallest absolute Gasteiger partial charge is 0.368 e. The molecule has 88 valence electrons. The normalized spacial score (nSPS) is 18.2. The molecule has 1 aliphatic rings. The lowest BCUT2D eigenvalue weighted by atomic mass is 10.2. The molecule has 1 aliphatic carbocycles. The summed E-state index contributed by atoms with van der Waals surface area (Å²) in [5, 5.41) is 2.76. The van der Waals surface area contributed by atoms with Crippen LogP contribution in [-0.4, -0.2) is 15.5 Å². The first-order valence-corrected chi connectivity index (χ1v) is 4.78. The molecule has 16 heavy (non-hydrogen) atoms. The number of nitrogens with zero attached hydrogens (tertiary/aromatic N) is 2. The van der Waals surface area contributed by atoms with Gasteiger partial charge in [0.15, 0.2) is 0 Å². The van der Waals surface area contributed by atoms with Crippen molar-refractivity contribution in [2.24, 2.45) is 0 Å². The molecule has 0 aliphatic heterocycles. The number of hydrogen-bond donors (Lipinski definition) is 2. The number of aromatic nitrogens is 2. The van der Waals surface area contributed by atoms with Crippen LogP contribution in [-0.2, 0) is 6.18 Å². The fraction of sp³-hybridized carbons (Fsp3) is 0.556. The van der Waals surface area contributed by atoms with E-state index in [9.17, 15) is 13.2 Å². The van der Waals surface area contributed by atoms with Gasteiger partial charge in [-0.05, 0) is 19.8 Å². The molecule has 0 unspecified atom stereocenters. The van der Waals surface area contributed by atoms with Gasteiger partial charge in [-0.25, -0.2) is 4.98 Å². The summed E-state index contributed by atoms with van der Waals surface area (Å²) >= 11 is 0. The molecule has 1 saturated carbocycles. The third-order valence-electron chi connectivity index (χ3n) is 2.53. The van der Waals surface area contributed by atoms with E-state index in [0.29, 0.717) is 6.20 Å². The first kappa shape index (κ1) is 11.0. The Morgan fingerprint density at radius 1 is 1.44 bits per heavy atom. The Hall–Kier alpha value is -1.53. The van der Waals surface area contributed by atoms with Gasteiger partial charge in [0, 0.05) is 11.7 Å². The van der Waals surface area contributed by atoms with Crippen LogP contribution in [0.5, 0.6) is 0 Å². The van der Waals surface area contributed by atoms with Crippen molar-refractivity contribution in [3.63, 3.8) is 0 Å². The van der Waals surface area contributed by atoms with Crippen LogP contribution in [0.4, 0.5) is 24.9 Å². The van der Waals surface area contributed by atoms with Gasteiger partial charge in [0.1, 0.15) is 11.4 Å². The molecule has 0 atom stereocenters. The Bertz CT molecular complexity index is 412. The van der Waals surface area contributed by atoms with Crippen molar-refractivity contribution in [3.8, 4) is 0 Å². The SMILES string of the molecule is CC1(Nc2nc(N)ncc2C(F)(F)F)CC1. The standard InChI is InChI=1S/C9H11F3N4/c1-8(2-3-8)16-6-5(9(10,11)12)4-14-7(13)15-6/h4H,2-3H2,1H3,(H3,13,14,15,16). The summed E-state index contributed by atoms with van der Waals surface area (Å²) in [7, 11) is 0. The van der Waals surface area contributed by atoms with E-state index in [-0.39, 0.29) is 17.3 Å². The summed E-state index contributed by atoms with van der Waals surface area (Å²) in [5.41, 5.74) is 4.11. The summed E-state index contributed by atoms with van der Waals surface area (Å²) in [4.78, 5) is 6.96. The van der Waals surface area contributed by atoms with E-state index in [0.717, 1.165) is 12.8 Å². The van der Waals surface area contributed by atoms with E-state index in [2.05, 4.69) is 15.3 Å². The van der Waals surface area contributed by atoms with E-state index >= 15 is 0 Å². The van der Waals surface area contributed by atoms with Gasteiger partial charge in [-0.3, -0.25) is 0 Å². The van der Waals surface area contributed by atoms with Crippen LogP contribution < -0.4 is 11.1 Å². The fourth-order valence-electron chi connectivity index (χ4n) is 1.30. The monoisotopic (exact) mass is 232 g/mol. The van der Waals surface area contributed by atoms with E-state index < -0.39 is 11.7 Å². The molecule has 0 saturated heterocycles. The van der Waals surface area contributed by atoms with Gasteiger partial charge in [-0.2, -0.15) is 18.2 Å². The second-order valence-electron chi connectivity index (χ2n) is 4.17. The predicted molar refractivity (Wildman–Crippen MR) is 52.7 cm³/mol. The molecule has 4 nitrogen and oxygen atoms in total. The first-order valence-electron chi connectivity index (χ1n) is 4.78. The van der Waals surface area contributed by atoms with E-state index in [4.69, 9.17) is 5.73 Å². The molecule has 0 aromatic carbocycles. The van der Waals surface area contributed by atoms with Crippen LogP contribution in [0.3, 0.4) is 0 Å². The Morgan fingerprint density at radius 3 is 2.56 bits per heavy atom. The maximum atomic E-state index is 12.6. The molecular weight excluding hydrogens is 221 g/mol. The van der Waals surface area contributed by atoms with Crippen molar-refractivity contribution in [3.05, 3.63) is 11.8 Å². The highest BCUT2D eigenvalue weighted by Gasteiger charge is 2.41. The van der Waals surface area contributed by atoms with E-state index in [1.165, 1.54) is 0 Å². The Kier molecular flexibility index (Phi) is 2.21. The van der Waals surface area contributed by atoms with Crippen molar-refractivity contribution < 1.29 is 13.2 Å². The third-order valence-corrected chi connectivity index (χ3v) is 2.53. The highest BCUT2D eigenvalue weighted by Crippen LogP contribution is 2.41. The van der Waals surface area contributed by atoms with Crippen molar-refractivity contribution in [2.75, 3.05) is 11.1 Å². The van der Waals surface area contributed by atoms with Gasteiger partial charge in [0.2, 0.25) is 5.95 Å². The molecule has 1 aromatic rings. The van der Waals surface area contributed by atoms with Crippen LogP contribution in [0.25, 0.3) is 0 Å². The zero-order chi connectivity index (χ0) is 12.0. The van der Waals surface area contributed by atoms with Crippen LogP contribution in [0.15, 0.2) is 6.20 Å². The first-order chi connectivity index (χ1) is 7.30. The number of rotatable bonds is 2. The second-order valence-corrected chi connectivity index (χ2v) is 4.17. The number of nitrogen functional groups attached to an aromatic ring is 1. The maximum absolute atomic E-state index is 12.6. The average molecular weight is 232 g/mol. The third kappa shape index (κ3) is 2.17. The van der Waals surface area contributed by atoms with Crippen LogP contribution >= 0.6 is 0 Å². The molecule has 0 bridgehead atoms. The van der Waals surface area contributed by atoms with Gasteiger partial charge in [-0.1, -0.05) is 0 Å². The number of nitrogens with one attached hydrogen (secondary N) is 1. The maximum Gasteiger partial charge on any atom is 0.421 e. The molecular formula is C9H11F3N4. The lowest BCUT2D eigenvalue weighted by Crippen LogP contribution is -2.21. The van der Waals surface area contributed by atoms with Gasteiger partial charge in [0.05, 0.1) is 0 Å². The predicted octanol–water partition coefficient (Wildman–Crippen LogP) is 2.04. The van der Waals surface area contributed by atoms with Crippen LogP contribution in [0, 0.1) is 0 Å². The molecule has 0 spiro atoms. The molecule has 0 amide bonds. The van der Waals surface area contributed by atoms with E-state index in [1.807, 2.05) is 6.92 Å². The molecule has 0 radical (unpaired) electrons. The topological polar surface area (TPSA) is 63.8 Å². The van der Waals surface area contributed by atoms with Gasteiger partial charge in [-0.15, -0.1) is 0 Å². The second kappa shape index (κ2) is 3.23. The highest BCUT2D eigenvalue weighted by molar-refractivity contribution is 5.50. The van der Waals surface area contributed by atoms with Gasteiger partial charge >= 0.3 is 6.18 Å². The quantitative estimate of drug-likeness (QED) is 0.819. The molecule has 1 fully saturated rings. The minimum atomic E-state index is -4.47. The summed E-state index contributed by atoms with van der Waals surface area (Å²) < 4.78 is 37.8. The summed E-state index contributed by atoms with van der Waals surface area (Å²) in [5.74, 6) is -0.403. The van der Waals surface area contributed by atoms with Crippen molar-refractivity contribution in [1.82, 2.24) is 9.97 Å². The van der Waals surface area contributed by atoms with E-state index in [1.54, 1.807) is 0 Å². The lowest BCUT2D eigenvalue weighted by Gasteiger charge is -2.17. The fourth-order valence-corrected chi connectivity index (χ4v) is 1.30. The molecule has 2 rings (SSSR count). The zero-order valence-electron chi connectivity index (χ0n) is 8.60. The minimum absolute atomic E-state index is 0.167. The number of halogens is 3. The number of hydrogen-bond acceptors (Lipinski definition) is 4.